The predicted octanol–water partition coefficient (Wildman–Crippen LogP) is -0.305. The number of nitrogens with two attached hydrogens (primary N) is 1. The lowest BCUT2D eigenvalue weighted by Crippen LogP contribution is -2.15. The molecule has 0 radical (unpaired) electrons. The monoisotopic (exact) mass is 251 g/mol. The van der Waals surface area contributed by atoms with Gasteiger partial charge in [-0.1, -0.05) is 0 Å². The van der Waals surface area contributed by atoms with E-state index >= 15 is 0 Å². The summed E-state index contributed by atoms with van der Waals surface area (Å²) in [6.07, 6.45) is 3.45. The number of H-pyrrole nitrogens is 2. The minimum Gasteiger partial charge on any atom is -0.396 e. The number of fused-ring (bicyclic) bond motifs is 1. The van der Waals surface area contributed by atoms with Crippen molar-refractivity contribution in [3.05, 3.63) is 22.1 Å². The van der Waals surface area contributed by atoms with Gasteiger partial charge in [-0.25, -0.2) is 4.98 Å². The quantitative estimate of drug-likeness (QED) is 0.451. The van der Waals surface area contributed by atoms with Crippen molar-refractivity contribution in [1.29, 1.82) is 0 Å². The third kappa shape index (κ3) is 2.69. The lowest BCUT2D eigenvalue weighted by Gasteiger charge is -2.02. The fourth-order valence-electron chi connectivity index (χ4n) is 1.80. The number of aromatic nitrogens is 3. The maximum absolute atomic E-state index is 11.6. The van der Waals surface area contributed by atoms with Gasteiger partial charge in [0.25, 0.3) is 5.56 Å². The highest BCUT2D eigenvalue weighted by atomic mass is 16.2. The fourth-order valence-corrected chi connectivity index (χ4v) is 1.80. The van der Waals surface area contributed by atoms with Crippen molar-refractivity contribution >= 4 is 17.0 Å². The van der Waals surface area contributed by atoms with Gasteiger partial charge in [-0.3, -0.25) is 9.78 Å². The van der Waals surface area contributed by atoms with E-state index in [-0.39, 0.29) is 18.1 Å². The molecule has 0 amide bonds. The second kappa shape index (κ2) is 5.65. The molecule has 7 heteroatoms. The van der Waals surface area contributed by atoms with Crippen LogP contribution in [0, 0.1) is 0 Å². The lowest BCUT2D eigenvalue weighted by atomic mass is 10.2. The van der Waals surface area contributed by atoms with Gasteiger partial charge in [-0.05, 0) is 19.4 Å². The zero-order valence-electron chi connectivity index (χ0n) is 9.99. The van der Waals surface area contributed by atoms with E-state index in [1.165, 1.54) is 0 Å². The van der Waals surface area contributed by atoms with Crippen LogP contribution in [0.25, 0.3) is 11.0 Å². The number of aliphatic hydroxyl groups is 1. The summed E-state index contributed by atoms with van der Waals surface area (Å²) in [5.41, 5.74) is 7.21. The topological polar surface area (TPSA) is 120 Å². The van der Waals surface area contributed by atoms with Gasteiger partial charge in [0.1, 0.15) is 11.0 Å². The van der Waals surface area contributed by atoms with Crippen LogP contribution < -0.4 is 16.6 Å². The zero-order chi connectivity index (χ0) is 13.0. The summed E-state index contributed by atoms with van der Waals surface area (Å²) >= 11 is 0. The standard InChI is InChI=1S/C11H17N5O2/c12-11-15-8-7(5-13-3-1-2-4-17)6-14-9(8)10(18)16-11/h6,13-14,17H,1-5H2,(H3,12,15,16,18). The van der Waals surface area contributed by atoms with Crippen molar-refractivity contribution in [2.75, 3.05) is 18.9 Å². The SMILES string of the molecule is Nc1nc2c(CNCCCCO)c[nH]c2c(=O)[nH]1. The fraction of sp³-hybridized carbons (Fsp3) is 0.455. The minimum atomic E-state index is -0.260. The summed E-state index contributed by atoms with van der Waals surface area (Å²) in [7, 11) is 0. The van der Waals surface area contributed by atoms with Crippen molar-refractivity contribution in [2.45, 2.75) is 19.4 Å². The van der Waals surface area contributed by atoms with Crippen LogP contribution in [0.5, 0.6) is 0 Å². The highest BCUT2D eigenvalue weighted by Gasteiger charge is 2.08. The zero-order valence-corrected chi connectivity index (χ0v) is 9.99. The Morgan fingerprint density at radius 3 is 3.06 bits per heavy atom. The molecule has 7 nitrogen and oxygen atoms in total. The van der Waals surface area contributed by atoms with Gasteiger partial charge in [0.05, 0.1) is 0 Å². The van der Waals surface area contributed by atoms with E-state index in [1.54, 1.807) is 6.20 Å². The molecular formula is C11H17N5O2. The first-order valence-corrected chi connectivity index (χ1v) is 5.89. The summed E-state index contributed by atoms with van der Waals surface area (Å²) in [4.78, 5) is 21.0. The molecule has 0 atom stereocenters. The molecule has 0 unspecified atom stereocenters. The van der Waals surface area contributed by atoms with Gasteiger partial charge >= 0.3 is 0 Å². The van der Waals surface area contributed by atoms with Crippen LogP contribution in [0.1, 0.15) is 18.4 Å². The van der Waals surface area contributed by atoms with Crippen molar-refractivity contribution in [2.24, 2.45) is 0 Å². The smallest absolute Gasteiger partial charge is 0.276 e. The Morgan fingerprint density at radius 1 is 1.44 bits per heavy atom. The van der Waals surface area contributed by atoms with E-state index in [4.69, 9.17) is 10.8 Å². The van der Waals surface area contributed by atoms with Crippen LogP contribution in [0.15, 0.2) is 11.0 Å². The number of unbranched alkanes of at least 4 members (excludes halogenated alkanes) is 1. The molecule has 2 aromatic rings. The number of nitrogens with one attached hydrogen (secondary N) is 3. The van der Waals surface area contributed by atoms with E-state index in [0.29, 0.717) is 17.6 Å². The number of rotatable bonds is 6. The molecule has 0 aromatic carbocycles. The van der Waals surface area contributed by atoms with Gasteiger partial charge in [-0.2, -0.15) is 0 Å². The molecule has 18 heavy (non-hydrogen) atoms. The van der Waals surface area contributed by atoms with Gasteiger partial charge in [0, 0.05) is 24.9 Å². The number of nitrogen functional groups attached to an aromatic ring is 1. The Hall–Kier alpha value is -1.86. The number of aliphatic hydroxyl groups excluding tert-OH is 1. The van der Waals surface area contributed by atoms with Crippen LogP contribution in [-0.2, 0) is 6.54 Å². The predicted molar refractivity (Wildman–Crippen MR) is 69.2 cm³/mol. The lowest BCUT2D eigenvalue weighted by molar-refractivity contribution is 0.283. The highest BCUT2D eigenvalue weighted by Crippen LogP contribution is 2.12. The summed E-state index contributed by atoms with van der Waals surface area (Å²) in [5, 5.41) is 11.9. The van der Waals surface area contributed by atoms with Gasteiger partial charge in [0.2, 0.25) is 5.95 Å². The molecular weight excluding hydrogens is 234 g/mol. The molecule has 2 aromatic heterocycles. The Balaban J connectivity index is 2.07. The Bertz CT molecular complexity index is 574. The Labute approximate surface area is 103 Å². The minimum absolute atomic E-state index is 0.119. The number of nitrogens with zero attached hydrogens (tertiary/aromatic N) is 1. The van der Waals surface area contributed by atoms with E-state index in [2.05, 4.69) is 20.3 Å². The molecule has 0 aliphatic carbocycles. The van der Waals surface area contributed by atoms with Crippen molar-refractivity contribution in [3.8, 4) is 0 Å². The normalized spacial score (nSPS) is 11.2. The van der Waals surface area contributed by atoms with Crippen molar-refractivity contribution in [3.63, 3.8) is 0 Å². The molecule has 98 valence electrons. The number of anilines is 1. The second-order valence-corrected chi connectivity index (χ2v) is 4.10. The van der Waals surface area contributed by atoms with Crippen LogP contribution >= 0.6 is 0 Å². The Morgan fingerprint density at radius 2 is 2.28 bits per heavy atom. The molecule has 2 heterocycles. The van der Waals surface area contributed by atoms with Gasteiger partial charge < -0.3 is 21.1 Å². The molecule has 0 saturated carbocycles. The summed E-state index contributed by atoms with van der Waals surface area (Å²) in [5.74, 6) is 0.119. The highest BCUT2D eigenvalue weighted by molar-refractivity contribution is 5.78. The third-order valence-corrected chi connectivity index (χ3v) is 2.71. The largest absolute Gasteiger partial charge is 0.396 e. The summed E-state index contributed by atoms with van der Waals surface area (Å²) < 4.78 is 0. The van der Waals surface area contributed by atoms with Gasteiger partial charge in [-0.15, -0.1) is 0 Å². The first-order valence-electron chi connectivity index (χ1n) is 5.89. The summed E-state index contributed by atoms with van der Waals surface area (Å²) in [6.45, 7) is 1.63. The number of hydrogen-bond donors (Lipinski definition) is 5. The summed E-state index contributed by atoms with van der Waals surface area (Å²) in [6, 6.07) is 0. The molecule has 0 aliphatic rings. The van der Waals surface area contributed by atoms with E-state index < -0.39 is 0 Å². The molecule has 0 saturated heterocycles. The average molecular weight is 251 g/mol. The molecule has 0 spiro atoms. The molecule has 0 fully saturated rings. The van der Waals surface area contributed by atoms with Gasteiger partial charge in [0.15, 0.2) is 0 Å². The van der Waals surface area contributed by atoms with Crippen LogP contribution in [0.2, 0.25) is 0 Å². The molecule has 0 aliphatic heterocycles. The maximum atomic E-state index is 11.6. The first kappa shape index (κ1) is 12.6. The average Bonchev–Trinajstić information content (AvgIpc) is 2.72. The number of hydrogen-bond acceptors (Lipinski definition) is 5. The van der Waals surface area contributed by atoms with E-state index in [0.717, 1.165) is 24.9 Å². The molecule has 6 N–H and O–H groups in total. The van der Waals surface area contributed by atoms with Crippen LogP contribution in [0.4, 0.5) is 5.95 Å². The van der Waals surface area contributed by atoms with Crippen LogP contribution in [-0.4, -0.2) is 33.2 Å². The molecule has 2 rings (SSSR count). The van der Waals surface area contributed by atoms with Crippen molar-refractivity contribution in [1.82, 2.24) is 20.3 Å². The van der Waals surface area contributed by atoms with Crippen molar-refractivity contribution < 1.29 is 5.11 Å². The van der Waals surface area contributed by atoms with Crippen LogP contribution in [0.3, 0.4) is 0 Å². The maximum Gasteiger partial charge on any atom is 0.276 e. The second-order valence-electron chi connectivity index (χ2n) is 4.10. The first-order chi connectivity index (χ1) is 8.72. The number of aromatic amines is 2. The Kier molecular flexibility index (Phi) is 3.96. The molecule has 0 bridgehead atoms. The third-order valence-electron chi connectivity index (χ3n) is 2.71. The van der Waals surface area contributed by atoms with E-state index in [1.807, 2.05) is 0 Å². The van der Waals surface area contributed by atoms with E-state index in [9.17, 15) is 4.79 Å².